The van der Waals surface area contributed by atoms with E-state index in [1.165, 1.54) is 6.34 Å². The molecule has 128 valence electrons. The second kappa shape index (κ2) is 6.89. The molecule has 0 saturated carbocycles. The Kier molecular flexibility index (Phi) is 4.28. The third kappa shape index (κ3) is 3.38. The summed E-state index contributed by atoms with van der Waals surface area (Å²) in [5, 5.41) is 11.4. The highest BCUT2D eigenvalue weighted by molar-refractivity contribution is 7.10. The van der Waals surface area contributed by atoms with Gasteiger partial charge in [0.15, 0.2) is 5.84 Å². The molecule has 0 saturated heterocycles. The summed E-state index contributed by atoms with van der Waals surface area (Å²) in [6, 6.07) is 15.6. The van der Waals surface area contributed by atoms with E-state index in [1.54, 1.807) is 6.08 Å². The number of aliphatic imine (C=N–C) groups is 2. The standard InChI is InChI=1S/C19H14N4O2S/c24-18-16(26-19(25)23-18)9-13-6-7-15-14(8-13)17(22-11-21-15)20-10-12-4-2-1-3-5-12/h1-9,11,24H,10H2,(H,23,25). The van der Waals surface area contributed by atoms with Crippen LogP contribution in [0.25, 0.3) is 6.08 Å². The minimum Gasteiger partial charge on any atom is -0.493 e. The average Bonchev–Trinajstić information content (AvgIpc) is 2.98. The van der Waals surface area contributed by atoms with Gasteiger partial charge in [-0.3, -0.25) is 14.8 Å². The van der Waals surface area contributed by atoms with Crippen molar-refractivity contribution >= 4 is 29.6 Å². The summed E-state index contributed by atoms with van der Waals surface area (Å²) >= 11 is 0.955. The second-order valence-electron chi connectivity index (χ2n) is 5.65. The van der Waals surface area contributed by atoms with Crippen LogP contribution in [-0.2, 0) is 6.54 Å². The van der Waals surface area contributed by atoms with E-state index in [9.17, 15) is 9.90 Å². The number of amidine groups is 1. The van der Waals surface area contributed by atoms with Crippen LogP contribution in [0.5, 0.6) is 5.88 Å². The topological polar surface area (TPSA) is 90.2 Å². The summed E-state index contributed by atoms with van der Waals surface area (Å²) in [5.41, 5.74) is 1.92. The molecule has 1 aliphatic heterocycles. The van der Waals surface area contributed by atoms with Crippen LogP contribution in [0.3, 0.4) is 0 Å². The lowest BCUT2D eigenvalue weighted by Gasteiger charge is -2.06. The molecule has 26 heavy (non-hydrogen) atoms. The van der Waals surface area contributed by atoms with E-state index in [0.717, 1.165) is 33.0 Å². The number of rotatable bonds is 3. The third-order valence-corrected chi connectivity index (χ3v) is 4.67. The number of thiazole rings is 1. The van der Waals surface area contributed by atoms with Gasteiger partial charge >= 0.3 is 4.87 Å². The number of hydrogen-bond donors (Lipinski definition) is 2. The predicted molar refractivity (Wildman–Crippen MR) is 103 cm³/mol. The molecule has 1 aromatic heterocycles. The van der Waals surface area contributed by atoms with Crippen molar-refractivity contribution in [3.8, 4) is 5.88 Å². The van der Waals surface area contributed by atoms with E-state index in [0.29, 0.717) is 17.3 Å². The smallest absolute Gasteiger partial charge is 0.307 e. The number of aromatic nitrogens is 1. The van der Waals surface area contributed by atoms with Gasteiger partial charge in [-0.15, -0.1) is 0 Å². The molecule has 2 heterocycles. The Bertz CT molecular complexity index is 1190. The maximum Gasteiger partial charge on any atom is 0.307 e. The van der Waals surface area contributed by atoms with Gasteiger partial charge in [0.2, 0.25) is 5.88 Å². The van der Waals surface area contributed by atoms with Crippen molar-refractivity contribution in [3.05, 3.63) is 84.8 Å². The van der Waals surface area contributed by atoms with Crippen LogP contribution in [0.1, 0.15) is 16.0 Å². The van der Waals surface area contributed by atoms with Crippen molar-refractivity contribution in [1.29, 1.82) is 0 Å². The molecule has 0 amide bonds. The Morgan fingerprint density at radius 3 is 2.81 bits per heavy atom. The number of aromatic amines is 1. The van der Waals surface area contributed by atoms with Crippen LogP contribution in [0.4, 0.5) is 0 Å². The molecule has 3 aromatic rings. The van der Waals surface area contributed by atoms with Crippen LogP contribution < -0.4 is 15.4 Å². The highest BCUT2D eigenvalue weighted by atomic mass is 32.1. The molecule has 6 nitrogen and oxygen atoms in total. The lowest BCUT2D eigenvalue weighted by Crippen LogP contribution is -2.22. The first-order chi connectivity index (χ1) is 12.7. The molecule has 1 aliphatic rings. The van der Waals surface area contributed by atoms with E-state index in [2.05, 4.69) is 20.0 Å². The number of nitrogens with zero attached hydrogens (tertiary/aromatic N) is 3. The molecule has 7 heteroatoms. The zero-order chi connectivity index (χ0) is 17.9. The Hall–Kier alpha value is -3.32. The monoisotopic (exact) mass is 362 g/mol. The molecule has 0 bridgehead atoms. The molecular formula is C19H14N4O2S. The Morgan fingerprint density at radius 1 is 1.19 bits per heavy atom. The Balaban J connectivity index is 1.74. The van der Waals surface area contributed by atoms with E-state index in [1.807, 2.05) is 48.5 Å². The van der Waals surface area contributed by atoms with E-state index in [-0.39, 0.29) is 10.8 Å². The number of hydrogen-bond acceptors (Lipinski definition) is 5. The summed E-state index contributed by atoms with van der Waals surface area (Å²) in [7, 11) is 0. The zero-order valence-corrected chi connectivity index (χ0v) is 14.4. The average molecular weight is 362 g/mol. The summed E-state index contributed by atoms with van der Waals surface area (Å²) in [4.78, 5) is 27.1. The van der Waals surface area contributed by atoms with Gasteiger partial charge in [0.05, 0.1) is 16.8 Å². The van der Waals surface area contributed by atoms with Crippen molar-refractivity contribution in [1.82, 2.24) is 4.98 Å². The summed E-state index contributed by atoms with van der Waals surface area (Å²) in [6.45, 7) is 0.529. The minimum atomic E-state index is -0.295. The fourth-order valence-corrected chi connectivity index (χ4v) is 3.30. The first kappa shape index (κ1) is 16.2. The van der Waals surface area contributed by atoms with Crippen LogP contribution in [0.2, 0.25) is 0 Å². The lowest BCUT2D eigenvalue weighted by molar-refractivity contribution is 0.455. The Morgan fingerprint density at radius 2 is 2.04 bits per heavy atom. The predicted octanol–water partition coefficient (Wildman–Crippen LogP) is 1.58. The first-order valence-electron chi connectivity index (χ1n) is 7.92. The van der Waals surface area contributed by atoms with Gasteiger partial charge < -0.3 is 5.11 Å². The summed E-state index contributed by atoms with van der Waals surface area (Å²) in [6.07, 6.45) is 3.24. The number of H-pyrrole nitrogens is 1. The van der Waals surface area contributed by atoms with Gasteiger partial charge in [-0.1, -0.05) is 47.7 Å². The fourth-order valence-electron chi connectivity index (χ4n) is 2.61. The van der Waals surface area contributed by atoms with E-state index >= 15 is 0 Å². The maximum absolute atomic E-state index is 11.3. The molecule has 0 unspecified atom stereocenters. The molecular weight excluding hydrogens is 348 g/mol. The molecule has 0 radical (unpaired) electrons. The molecule has 0 spiro atoms. The molecule has 4 rings (SSSR count). The van der Waals surface area contributed by atoms with Crippen LogP contribution in [0, 0.1) is 0 Å². The van der Waals surface area contributed by atoms with E-state index < -0.39 is 0 Å². The largest absolute Gasteiger partial charge is 0.493 e. The van der Waals surface area contributed by atoms with Gasteiger partial charge in [0, 0.05) is 5.56 Å². The number of aromatic hydroxyl groups is 1. The zero-order valence-electron chi connectivity index (χ0n) is 13.6. The van der Waals surface area contributed by atoms with Crippen molar-refractivity contribution in [2.45, 2.75) is 6.54 Å². The van der Waals surface area contributed by atoms with Crippen molar-refractivity contribution < 1.29 is 5.11 Å². The minimum absolute atomic E-state index is 0.126. The quantitative estimate of drug-likeness (QED) is 0.741. The molecule has 2 N–H and O–H groups in total. The van der Waals surface area contributed by atoms with Gasteiger partial charge in [-0.25, -0.2) is 9.98 Å². The SMILES string of the molecule is O=c1[nH]c(O)c(C=c2ccc3c(c2)C(=NCc2ccccc2)N=CN=3)s1. The lowest BCUT2D eigenvalue weighted by atomic mass is 10.1. The highest BCUT2D eigenvalue weighted by Crippen LogP contribution is 2.15. The molecule has 2 aromatic carbocycles. The van der Waals surface area contributed by atoms with Gasteiger partial charge in [0.1, 0.15) is 6.34 Å². The normalized spacial score (nSPS) is 15.1. The summed E-state index contributed by atoms with van der Waals surface area (Å²) < 4.78 is 0. The molecule has 0 fully saturated rings. The van der Waals surface area contributed by atoms with Crippen molar-refractivity contribution in [2.24, 2.45) is 15.0 Å². The molecule has 0 atom stereocenters. The Labute approximate surface area is 152 Å². The fraction of sp³-hybridized carbons (Fsp3) is 0.0526. The van der Waals surface area contributed by atoms with Crippen LogP contribution in [-0.4, -0.2) is 22.3 Å². The van der Waals surface area contributed by atoms with Crippen LogP contribution in [0.15, 0.2) is 68.3 Å². The highest BCUT2D eigenvalue weighted by Gasteiger charge is 2.09. The number of nitrogens with one attached hydrogen (secondary N) is 1. The first-order valence-corrected chi connectivity index (χ1v) is 8.74. The van der Waals surface area contributed by atoms with Crippen molar-refractivity contribution in [2.75, 3.05) is 0 Å². The van der Waals surface area contributed by atoms with E-state index in [4.69, 9.17) is 0 Å². The van der Waals surface area contributed by atoms with Gasteiger partial charge in [-0.05, 0) is 29.0 Å². The summed E-state index contributed by atoms with van der Waals surface area (Å²) in [5.74, 6) is 0.485. The van der Waals surface area contributed by atoms with Gasteiger partial charge in [0.25, 0.3) is 0 Å². The third-order valence-electron chi connectivity index (χ3n) is 3.85. The second-order valence-corrected chi connectivity index (χ2v) is 6.66. The van der Waals surface area contributed by atoms with Crippen molar-refractivity contribution in [3.63, 3.8) is 0 Å². The van der Waals surface area contributed by atoms with Gasteiger partial charge in [-0.2, -0.15) is 0 Å². The maximum atomic E-state index is 11.3. The van der Waals surface area contributed by atoms with Crippen LogP contribution >= 0.6 is 11.3 Å². The number of benzene rings is 2. The number of fused-ring (bicyclic) bond motifs is 1. The molecule has 0 aliphatic carbocycles.